The van der Waals surface area contributed by atoms with E-state index in [4.69, 9.17) is 4.74 Å². The Kier molecular flexibility index (Phi) is 3.54. The molecule has 2 rings (SSSR count). The maximum Gasteiger partial charge on any atom is 0.413 e. The first-order chi connectivity index (χ1) is 8.76. The Morgan fingerprint density at radius 1 is 1.42 bits per heavy atom. The molecular weight excluding hydrogens is 310 g/mol. The fourth-order valence-electron chi connectivity index (χ4n) is 1.71. The maximum absolute atomic E-state index is 11.7. The van der Waals surface area contributed by atoms with Crippen molar-refractivity contribution in [3.63, 3.8) is 0 Å². The SMILES string of the molecule is Cc1cc(Br)c2[nH]nc(NC(=O)OC(C)(C)C)c2c1. The molecule has 0 aliphatic rings. The number of benzene rings is 1. The topological polar surface area (TPSA) is 67.0 Å². The van der Waals surface area contributed by atoms with Crippen LogP contribution in [0.3, 0.4) is 0 Å². The van der Waals surface area contributed by atoms with Crippen LogP contribution in [-0.2, 0) is 4.74 Å². The molecule has 6 heteroatoms. The molecule has 102 valence electrons. The summed E-state index contributed by atoms with van der Waals surface area (Å²) >= 11 is 3.46. The van der Waals surface area contributed by atoms with E-state index in [9.17, 15) is 4.79 Å². The number of nitrogens with one attached hydrogen (secondary N) is 2. The average molecular weight is 326 g/mol. The van der Waals surface area contributed by atoms with E-state index in [-0.39, 0.29) is 0 Å². The van der Waals surface area contributed by atoms with Gasteiger partial charge in [-0.05, 0) is 61.3 Å². The summed E-state index contributed by atoms with van der Waals surface area (Å²) in [4.78, 5) is 11.7. The van der Waals surface area contributed by atoms with E-state index in [1.807, 2.05) is 39.8 Å². The summed E-state index contributed by atoms with van der Waals surface area (Å²) in [5.74, 6) is 0.466. The Bertz CT molecular complexity index is 629. The molecule has 0 spiro atoms. The first-order valence-corrected chi connectivity index (χ1v) is 6.70. The van der Waals surface area contributed by atoms with Gasteiger partial charge in [0.1, 0.15) is 5.60 Å². The third-order valence-electron chi connectivity index (χ3n) is 2.39. The van der Waals surface area contributed by atoms with Gasteiger partial charge in [0.25, 0.3) is 0 Å². The van der Waals surface area contributed by atoms with Crippen LogP contribution in [0, 0.1) is 6.92 Å². The molecule has 1 aromatic carbocycles. The minimum atomic E-state index is -0.535. The van der Waals surface area contributed by atoms with E-state index in [1.54, 1.807) is 0 Å². The van der Waals surface area contributed by atoms with Gasteiger partial charge in [0.15, 0.2) is 5.82 Å². The zero-order valence-corrected chi connectivity index (χ0v) is 12.9. The number of amides is 1. The number of aromatic nitrogens is 2. The number of rotatable bonds is 1. The summed E-state index contributed by atoms with van der Waals surface area (Å²) in [5, 5.41) is 10.5. The van der Waals surface area contributed by atoms with Crippen LogP contribution < -0.4 is 5.32 Å². The van der Waals surface area contributed by atoms with Gasteiger partial charge in [-0.25, -0.2) is 4.79 Å². The molecule has 1 heterocycles. The smallest absolute Gasteiger partial charge is 0.413 e. The molecular formula is C13H16BrN3O2. The molecule has 0 bridgehead atoms. The molecule has 0 aliphatic carbocycles. The van der Waals surface area contributed by atoms with E-state index in [0.29, 0.717) is 5.82 Å². The molecule has 0 saturated carbocycles. The van der Waals surface area contributed by atoms with Crippen molar-refractivity contribution in [3.8, 4) is 0 Å². The van der Waals surface area contributed by atoms with E-state index in [0.717, 1.165) is 20.9 Å². The summed E-state index contributed by atoms with van der Waals surface area (Å²) in [6.45, 7) is 7.43. The number of carbonyl (C=O) groups is 1. The number of nitrogens with zero attached hydrogens (tertiary/aromatic N) is 1. The summed E-state index contributed by atoms with van der Waals surface area (Å²) in [7, 11) is 0. The van der Waals surface area contributed by atoms with Crippen LogP contribution in [0.25, 0.3) is 10.9 Å². The van der Waals surface area contributed by atoms with Crippen LogP contribution >= 0.6 is 15.9 Å². The van der Waals surface area contributed by atoms with Crippen LogP contribution in [0.5, 0.6) is 0 Å². The molecule has 0 unspecified atom stereocenters. The highest BCUT2D eigenvalue weighted by molar-refractivity contribution is 9.10. The van der Waals surface area contributed by atoms with Crippen molar-refractivity contribution in [1.29, 1.82) is 0 Å². The molecule has 2 N–H and O–H groups in total. The fraction of sp³-hybridized carbons (Fsp3) is 0.385. The molecule has 5 nitrogen and oxygen atoms in total. The second kappa shape index (κ2) is 4.85. The standard InChI is InChI=1S/C13H16BrN3O2/c1-7-5-8-10(9(14)6-7)16-17-11(8)15-12(18)19-13(2,3)4/h5-6H,1-4H3,(H2,15,16,17,18). The summed E-state index contributed by atoms with van der Waals surface area (Å²) in [6, 6.07) is 3.94. The Balaban J connectivity index is 2.29. The van der Waals surface area contributed by atoms with Crippen molar-refractivity contribution >= 4 is 38.7 Å². The highest BCUT2D eigenvalue weighted by atomic mass is 79.9. The van der Waals surface area contributed by atoms with E-state index in [2.05, 4.69) is 31.4 Å². The monoisotopic (exact) mass is 325 g/mol. The van der Waals surface area contributed by atoms with Gasteiger partial charge in [0, 0.05) is 9.86 Å². The zero-order chi connectivity index (χ0) is 14.2. The van der Waals surface area contributed by atoms with Gasteiger partial charge < -0.3 is 4.74 Å². The third kappa shape index (κ3) is 3.26. The number of fused-ring (bicyclic) bond motifs is 1. The number of aryl methyl sites for hydroxylation is 1. The van der Waals surface area contributed by atoms with Crippen LogP contribution in [-0.4, -0.2) is 21.9 Å². The van der Waals surface area contributed by atoms with Crippen molar-refractivity contribution in [3.05, 3.63) is 22.2 Å². The number of anilines is 1. The zero-order valence-electron chi connectivity index (χ0n) is 11.3. The third-order valence-corrected chi connectivity index (χ3v) is 3.01. The average Bonchev–Trinajstić information content (AvgIpc) is 2.58. The van der Waals surface area contributed by atoms with Gasteiger partial charge in [-0.15, -0.1) is 0 Å². The van der Waals surface area contributed by atoms with Gasteiger partial charge in [-0.2, -0.15) is 5.10 Å². The first-order valence-electron chi connectivity index (χ1n) is 5.90. The highest BCUT2D eigenvalue weighted by Crippen LogP contribution is 2.28. The van der Waals surface area contributed by atoms with Crippen LogP contribution in [0.15, 0.2) is 16.6 Å². The quantitative estimate of drug-likeness (QED) is 0.833. The first kappa shape index (κ1) is 13.9. The maximum atomic E-state index is 11.7. The number of aromatic amines is 1. The summed E-state index contributed by atoms with van der Waals surface area (Å²) in [6.07, 6.45) is -0.515. The fourth-order valence-corrected chi connectivity index (χ4v) is 2.37. The van der Waals surface area contributed by atoms with Crippen LogP contribution in [0.1, 0.15) is 26.3 Å². The van der Waals surface area contributed by atoms with Gasteiger partial charge in [-0.1, -0.05) is 0 Å². The number of halogens is 1. The van der Waals surface area contributed by atoms with Crippen molar-refractivity contribution < 1.29 is 9.53 Å². The molecule has 1 aromatic heterocycles. The molecule has 0 fully saturated rings. The van der Waals surface area contributed by atoms with Crippen molar-refractivity contribution in [2.75, 3.05) is 5.32 Å². The normalized spacial score (nSPS) is 11.6. The predicted octanol–water partition coefficient (Wildman–Crippen LogP) is 3.98. The molecule has 0 aliphatic heterocycles. The Labute approximate surface area is 119 Å². The number of hydrogen-bond donors (Lipinski definition) is 2. The molecule has 19 heavy (non-hydrogen) atoms. The van der Waals surface area contributed by atoms with E-state index < -0.39 is 11.7 Å². The second-order valence-electron chi connectivity index (χ2n) is 5.37. The highest BCUT2D eigenvalue weighted by Gasteiger charge is 2.18. The number of H-pyrrole nitrogens is 1. The van der Waals surface area contributed by atoms with Gasteiger partial charge in [-0.3, -0.25) is 10.4 Å². The van der Waals surface area contributed by atoms with E-state index >= 15 is 0 Å². The minimum absolute atomic E-state index is 0.466. The molecule has 0 saturated heterocycles. The Morgan fingerprint density at radius 2 is 2.11 bits per heavy atom. The molecule has 0 atom stereocenters. The molecule has 2 aromatic rings. The summed E-state index contributed by atoms with van der Waals surface area (Å²) < 4.78 is 6.11. The Morgan fingerprint density at radius 3 is 2.74 bits per heavy atom. The van der Waals surface area contributed by atoms with Crippen molar-refractivity contribution in [2.24, 2.45) is 0 Å². The van der Waals surface area contributed by atoms with E-state index in [1.165, 1.54) is 0 Å². The number of carbonyl (C=O) groups excluding carboxylic acids is 1. The van der Waals surface area contributed by atoms with Crippen LogP contribution in [0.2, 0.25) is 0 Å². The number of hydrogen-bond acceptors (Lipinski definition) is 3. The summed E-state index contributed by atoms with van der Waals surface area (Å²) in [5.41, 5.74) is 1.39. The number of ether oxygens (including phenoxy) is 1. The van der Waals surface area contributed by atoms with Crippen molar-refractivity contribution in [1.82, 2.24) is 10.2 Å². The largest absolute Gasteiger partial charge is 0.444 e. The second-order valence-corrected chi connectivity index (χ2v) is 6.22. The van der Waals surface area contributed by atoms with Gasteiger partial charge in [0.2, 0.25) is 0 Å². The minimum Gasteiger partial charge on any atom is -0.444 e. The predicted molar refractivity (Wildman–Crippen MR) is 78.4 cm³/mol. The van der Waals surface area contributed by atoms with Crippen molar-refractivity contribution in [2.45, 2.75) is 33.3 Å². The molecule has 1 amide bonds. The lowest BCUT2D eigenvalue weighted by molar-refractivity contribution is 0.0635. The van der Waals surface area contributed by atoms with Gasteiger partial charge in [0.05, 0.1) is 5.52 Å². The van der Waals surface area contributed by atoms with Gasteiger partial charge >= 0.3 is 6.09 Å². The lowest BCUT2D eigenvalue weighted by Gasteiger charge is -2.19. The lowest BCUT2D eigenvalue weighted by Crippen LogP contribution is -2.27. The lowest BCUT2D eigenvalue weighted by atomic mass is 10.2. The van der Waals surface area contributed by atoms with Crippen LogP contribution in [0.4, 0.5) is 10.6 Å². The Hall–Kier alpha value is -1.56. The molecule has 0 radical (unpaired) electrons.